The molecule has 2 heteroatoms. The number of fused-ring (bicyclic) bond motifs is 2. The van der Waals surface area contributed by atoms with Gasteiger partial charge in [-0.25, -0.2) is 0 Å². The first-order valence-corrected chi connectivity index (χ1v) is 6.84. The zero-order valence-electron chi connectivity index (χ0n) is 9.05. The molecule has 2 aliphatic carbocycles. The predicted octanol–water partition coefficient (Wildman–Crippen LogP) is 3.61. The second kappa shape index (κ2) is 4.98. The van der Waals surface area contributed by atoms with Gasteiger partial charge in [-0.2, -0.15) is 0 Å². The molecule has 2 rings (SSSR count). The number of hydrogen-bond donors (Lipinski definition) is 0. The lowest BCUT2D eigenvalue weighted by atomic mass is 9.85. The van der Waals surface area contributed by atoms with Crippen LogP contribution in [-0.2, 0) is 4.74 Å². The molecular weight excluding hydrogens is 240 g/mol. The van der Waals surface area contributed by atoms with E-state index in [4.69, 9.17) is 4.74 Å². The Morgan fingerprint density at radius 2 is 2.21 bits per heavy atom. The average Bonchev–Trinajstić information content (AvgIpc) is 2.76. The minimum atomic E-state index is 0.576. The molecule has 4 unspecified atom stereocenters. The van der Waals surface area contributed by atoms with Crippen LogP contribution in [0.3, 0.4) is 0 Å². The van der Waals surface area contributed by atoms with E-state index < -0.39 is 0 Å². The van der Waals surface area contributed by atoms with Crippen LogP contribution in [0, 0.1) is 17.8 Å². The lowest BCUT2D eigenvalue weighted by molar-refractivity contribution is 0.193. The molecule has 0 radical (unpaired) electrons. The summed E-state index contributed by atoms with van der Waals surface area (Å²) in [5, 5.41) is 0. The van der Waals surface area contributed by atoms with E-state index >= 15 is 0 Å². The summed E-state index contributed by atoms with van der Waals surface area (Å²) in [7, 11) is 1.78. The predicted molar refractivity (Wildman–Crippen MR) is 62.8 cm³/mol. The molecule has 14 heavy (non-hydrogen) atoms. The zero-order valence-corrected chi connectivity index (χ0v) is 10.6. The third kappa shape index (κ3) is 2.52. The fourth-order valence-corrected chi connectivity index (χ4v) is 3.92. The van der Waals surface area contributed by atoms with Gasteiger partial charge < -0.3 is 4.74 Å². The molecule has 4 atom stereocenters. The third-order valence-electron chi connectivity index (χ3n) is 4.08. The number of alkyl halides is 1. The van der Waals surface area contributed by atoms with E-state index in [9.17, 15) is 0 Å². The van der Waals surface area contributed by atoms with Crippen molar-refractivity contribution >= 4 is 15.9 Å². The summed E-state index contributed by atoms with van der Waals surface area (Å²) >= 11 is 3.67. The molecule has 2 bridgehead atoms. The lowest BCUT2D eigenvalue weighted by Gasteiger charge is -2.22. The average molecular weight is 261 g/mol. The second-order valence-electron chi connectivity index (χ2n) is 5.06. The first kappa shape index (κ1) is 10.9. The van der Waals surface area contributed by atoms with E-state index in [1.807, 2.05) is 0 Å². The van der Waals surface area contributed by atoms with Gasteiger partial charge in [-0.3, -0.25) is 0 Å². The van der Waals surface area contributed by atoms with Crippen LogP contribution in [0.2, 0.25) is 0 Å². The van der Waals surface area contributed by atoms with E-state index in [2.05, 4.69) is 15.9 Å². The van der Waals surface area contributed by atoms with Gasteiger partial charge in [0, 0.05) is 11.9 Å². The molecule has 82 valence electrons. The molecule has 0 spiro atoms. The van der Waals surface area contributed by atoms with Crippen molar-refractivity contribution in [2.24, 2.45) is 17.8 Å². The van der Waals surface area contributed by atoms with Crippen LogP contribution in [0.25, 0.3) is 0 Å². The highest BCUT2D eigenvalue weighted by Crippen LogP contribution is 2.50. The molecule has 0 amide bonds. The summed E-state index contributed by atoms with van der Waals surface area (Å²) in [5.41, 5.74) is 0. The quantitative estimate of drug-likeness (QED) is 0.687. The number of hydrogen-bond acceptors (Lipinski definition) is 1. The topological polar surface area (TPSA) is 9.23 Å². The highest BCUT2D eigenvalue weighted by molar-refractivity contribution is 9.09. The Hall–Kier alpha value is 0.440. The Bertz CT molecular complexity index is 183. The molecular formula is C12H21BrO. The van der Waals surface area contributed by atoms with Gasteiger partial charge in [0.25, 0.3) is 0 Å². The van der Waals surface area contributed by atoms with Gasteiger partial charge in [0.2, 0.25) is 0 Å². The maximum atomic E-state index is 5.13. The summed E-state index contributed by atoms with van der Waals surface area (Å²) in [5.74, 6) is 3.23. The standard InChI is InChI=1S/C12H21BrO/c1-14-8-12(13)5-4-11-7-9-2-3-10(11)6-9/h9-12H,2-8H2,1H3. The van der Waals surface area contributed by atoms with Crippen molar-refractivity contribution in [3.63, 3.8) is 0 Å². The van der Waals surface area contributed by atoms with Crippen molar-refractivity contribution in [2.45, 2.75) is 43.4 Å². The highest BCUT2D eigenvalue weighted by atomic mass is 79.9. The van der Waals surface area contributed by atoms with Crippen LogP contribution in [0.15, 0.2) is 0 Å². The summed E-state index contributed by atoms with van der Waals surface area (Å²) in [6, 6.07) is 0. The number of rotatable bonds is 5. The molecule has 0 aliphatic heterocycles. The molecule has 0 aromatic rings. The van der Waals surface area contributed by atoms with E-state index in [0.717, 1.165) is 24.4 Å². The normalized spacial score (nSPS) is 37.7. The Morgan fingerprint density at radius 1 is 1.36 bits per heavy atom. The van der Waals surface area contributed by atoms with Gasteiger partial charge in [-0.05, 0) is 49.9 Å². The maximum absolute atomic E-state index is 5.13. The molecule has 1 nitrogen and oxygen atoms in total. The first-order valence-electron chi connectivity index (χ1n) is 5.92. The van der Waals surface area contributed by atoms with Crippen LogP contribution in [0.5, 0.6) is 0 Å². The maximum Gasteiger partial charge on any atom is 0.0587 e. The van der Waals surface area contributed by atoms with Gasteiger partial charge in [0.1, 0.15) is 0 Å². The van der Waals surface area contributed by atoms with Gasteiger partial charge in [-0.15, -0.1) is 0 Å². The Morgan fingerprint density at radius 3 is 2.79 bits per heavy atom. The van der Waals surface area contributed by atoms with E-state index in [0.29, 0.717) is 4.83 Å². The number of halogens is 1. The largest absolute Gasteiger partial charge is 0.384 e. The van der Waals surface area contributed by atoms with E-state index in [1.54, 1.807) is 13.5 Å². The SMILES string of the molecule is COCC(Br)CCC1CC2CCC1C2. The molecule has 0 aromatic carbocycles. The van der Waals surface area contributed by atoms with Crippen LogP contribution in [0.1, 0.15) is 38.5 Å². The molecule has 0 heterocycles. The minimum absolute atomic E-state index is 0.576. The lowest BCUT2D eigenvalue weighted by Crippen LogP contribution is -2.14. The molecule has 0 saturated heterocycles. The van der Waals surface area contributed by atoms with Crippen LogP contribution < -0.4 is 0 Å². The van der Waals surface area contributed by atoms with Crippen molar-refractivity contribution in [2.75, 3.05) is 13.7 Å². The van der Waals surface area contributed by atoms with Crippen molar-refractivity contribution in [3.05, 3.63) is 0 Å². The fraction of sp³-hybridized carbons (Fsp3) is 1.00. The second-order valence-corrected chi connectivity index (χ2v) is 6.36. The molecule has 0 N–H and O–H groups in total. The third-order valence-corrected chi connectivity index (χ3v) is 4.80. The van der Waals surface area contributed by atoms with Crippen LogP contribution >= 0.6 is 15.9 Å². The van der Waals surface area contributed by atoms with Gasteiger partial charge in [0.05, 0.1) is 6.61 Å². The smallest absolute Gasteiger partial charge is 0.0587 e. The van der Waals surface area contributed by atoms with Crippen molar-refractivity contribution in [3.8, 4) is 0 Å². The molecule has 2 aliphatic rings. The van der Waals surface area contributed by atoms with Gasteiger partial charge in [0.15, 0.2) is 0 Å². The van der Waals surface area contributed by atoms with Crippen molar-refractivity contribution in [1.82, 2.24) is 0 Å². The van der Waals surface area contributed by atoms with Crippen molar-refractivity contribution in [1.29, 1.82) is 0 Å². The molecule has 0 aromatic heterocycles. The van der Waals surface area contributed by atoms with E-state index in [-0.39, 0.29) is 0 Å². The monoisotopic (exact) mass is 260 g/mol. The van der Waals surface area contributed by atoms with Crippen LogP contribution in [-0.4, -0.2) is 18.5 Å². The first-order chi connectivity index (χ1) is 6.79. The highest BCUT2D eigenvalue weighted by Gasteiger charge is 2.38. The van der Waals surface area contributed by atoms with Crippen LogP contribution in [0.4, 0.5) is 0 Å². The summed E-state index contributed by atoms with van der Waals surface area (Å²) in [4.78, 5) is 0.576. The fourth-order valence-electron chi connectivity index (χ4n) is 3.39. The van der Waals surface area contributed by atoms with Gasteiger partial charge in [-0.1, -0.05) is 22.4 Å². The summed E-state index contributed by atoms with van der Waals surface area (Å²) < 4.78 is 5.13. The van der Waals surface area contributed by atoms with Crippen molar-refractivity contribution < 1.29 is 4.74 Å². The molecule has 2 saturated carbocycles. The Balaban J connectivity index is 1.66. The Labute approximate surface area is 95.7 Å². The molecule has 2 fully saturated rings. The number of ether oxygens (including phenoxy) is 1. The minimum Gasteiger partial charge on any atom is -0.384 e. The van der Waals surface area contributed by atoms with Gasteiger partial charge >= 0.3 is 0 Å². The zero-order chi connectivity index (χ0) is 9.97. The Kier molecular flexibility index (Phi) is 3.89. The number of methoxy groups -OCH3 is 1. The summed E-state index contributed by atoms with van der Waals surface area (Å²) in [6.45, 7) is 0.862. The summed E-state index contributed by atoms with van der Waals surface area (Å²) in [6.07, 6.45) is 8.82. The van der Waals surface area contributed by atoms with E-state index in [1.165, 1.54) is 32.1 Å².